The molecular weight excluding hydrogens is 449 g/mol. The predicted molar refractivity (Wildman–Crippen MR) is 114 cm³/mol. The van der Waals surface area contributed by atoms with Crippen molar-refractivity contribution >= 4 is 21.6 Å². The summed E-state index contributed by atoms with van der Waals surface area (Å²) in [4.78, 5) is 13.9. The number of nitrogens with zero attached hydrogens (tertiary/aromatic N) is 5. The number of imidazole rings is 1. The molecule has 0 saturated heterocycles. The Bertz CT molecular complexity index is 1290. The minimum atomic E-state index is -0.319. The maximum absolute atomic E-state index is 14.7. The molecule has 0 bridgehead atoms. The zero-order valence-corrected chi connectivity index (χ0v) is 17.9. The minimum absolute atomic E-state index is 0.316. The van der Waals surface area contributed by atoms with Gasteiger partial charge in [-0.1, -0.05) is 40.1 Å². The van der Waals surface area contributed by atoms with Gasteiger partial charge in [0.1, 0.15) is 12.1 Å². The summed E-state index contributed by atoms with van der Waals surface area (Å²) >= 11 is 3.54. The van der Waals surface area contributed by atoms with Crippen molar-refractivity contribution in [1.29, 1.82) is 0 Å². The third-order valence-electron chi connectivity index (χ3n) is 5.11. The van der Waals surface area contributed by atoms with Crippen LogP contribution >= 0.6 is 15.9 Å². The number of benzene rings is 2. The fraction of sp³-hybridized carbons (Fsp3) is 0.182. The summed E-state index contributed by atoms with van der Waals surface area (Å²) in [5.41, 5.74) is 4.11. The first-order valence-electron chi connectivity index (χ1n) is 9.60. The Morgan fingerprint density at radius 3 is 2.77 bits per heavy atom. The maximum Gasteiger partial charge on any atom is 0.278 e. The summed E-state index contributed by atoms with van der Waals surface area (Å²) in [6, 6.07) is 12.2. The third-order valence-corrected chi connectivity index (χ3v) is 5.61. The zero-order chi connectivity index (χ0) is 20.8. The van der Waals surface area contributed by atoms with Gasteiger partial charge in [-0.25, -0.2) is 9.37 Å². The highest BCUT2D eigenvalue weighted by atomic mass is 79.9. The SMILES string of the molecule is CCc1noc(-c2ncn3c2[C@@H](C)N=C(c2ccccc2F)c2cc(Br)ccc2-3)n1. The Balaban J connectivity index is 1.77. The largest absolute Gasteiger partial charge is 0.332 e. The third kappa shape index (κ3) is 2.99. The van der Waals surface area contributed by atoms with Gasteiger partial charge in [0.2, 0.25) is 0 Å². The minimum Gasteiger partial charge on any atom is -0.332 e. The van der Waals surface area contributed by atoms with Crippen molar-refractivity contribution in [2.24, 2.45) is 4.99 Å². The van der Waals surface area contributed by atoms with E-state index in [1.165, 1.54) is 6.07 Å². The molecule has 0 fully saturated rings. The van der Waals surface area contributed by atoms with Crippen molar-refractivity contribution in [1.82, 2.24) is 19.7 Å². The first kappa shape index (κ1) is 18.9. The van der Waals surface area contributed by atoms with Crippen LogP contribution in [-0.4, -0.2) is 25.4 Å². The molecule has 6 nitrogen and oxygen atoms in total. The smallest absolute Gasteiger partial charge is 0.278 e. The van der Waals surface area contributed by atoms with Gasteiger partial charge in [0.05, 0.1) is 23.1 Å². The average molecular weight is 466 g/mol. The fourth-order valence-electron chi connectivity index (χ4n) is 3.71. The van der Waals surface area contributed by atoms with Gasteiger partial charge in [-0.15, -0.1) is 0 Å². The quantitative estimate of drug-likeness (QED) is 0.411. The second-order valence-electron chi connectivity index (χ2n) is 7.01. The van der Waals surface area contributed by atoms with Crippen LogP contribution in [0.5, 0.6) is 0 Å². The highest BCUT2D eigenvalue weighted by molar-refractivity contribution is 9.10. The van der Waals surface area contributed by atoms with Crippen LogP contribution in [0.4, 0.5) is 4.39 Å². The van der Waals surface area contributed by atoms with Gasteiger partial charge in [-0.05, 0) is 37.3 Å². The van der Waals surface area contributed by atoms with E-state index in [4.69, 9.17) is 9.52 Å². The van der Waals surface area contributed by atoms with Crippen LogP contribution in [-0.2, 0) is 6.42 Å². The molecule has 0 aliphatic carbocycles. The van der Waals surface area contributed by atoms with Gasteiger partial charge in [0.15, 0.2) is 11.5 Å². The van der Waals surface area contributed by atoms with Gasteiger partial charge in [0.25, 0.3) is 5.89 Å². The molecule has 0 unspecified atom stereocenters. The van der Waals surface area contributed by atoms with E-state index in [9.17, 15) is 4.39 Å². The van der Waals surface area contributed by atoms with Crippen molar-refractivity contribution in [3.05, 3.63) is 81.7 Å². The lowest BCUT2D eigenvalue weighted by atomic mass is 10.00. The lowest BCUT2D eigenvalue weighted by Gasteiger charge is -2.12. The van der Waals surface area contributed by atoms with Gasteiger partial charge >= 0.3 is 0 Å². The van der Waals surface area contributed by atoms with E-state index >= 15 is 0 Å². The molecule has 8 heteroatoms. The van der Waals surface area contributed by atoms with Crippen LogP contribution in [0.15, 0.2) is 62.8 Å². The van der Waals surface area contributed by atoms with Gasteiger partial charge < -0.3 is 4.52 Å². The molecule has 1 aliphatic heterocycles. The van der Waals surface area contributed by atoms with Crippen LogP contribution in [0.3, 0.4) is 0 Å². The normalized spacial score (nSPS) is 15.3. The molecule has 150 valence electrons. The average Bonchev–Trinajstić information content (AvgIpc) is 3.37. The van der Waals surface area contributed by atoms with E-state index < -0.39 is 0 Å². The van der Waals surface area contributed by atoms with E-state index in [2.05, 4.69) is 31.1 Å². The lowest BCUT2D eigenvalue weighted by molar-refractivity contribution is 0.421. The molecule has 1 aliphatic rings. The standard InChI is InChI=1S/C22H17BrFN5O/c1-3-18-27-22(30-28-18)20-21-12(2)26-19(14-6-4-5-7-16(14)24)15-10-13(23)8-9-17(15)29(21)11-25-20/h4-12H,3H2,1-2H3/t12-/m1/s1. The second-order valence-corrected chi connectivity index (χ2v) is 7.93. The molecule has 30 heavy (non-hydrogen) atoms. The van der Waals surface area contributed by atoms with Crippen molar-refractivity contribution < 1.29 is 8.91 Å². The number of aromatic nitrogens is 4. The van der Waals surface area contributed by atoms with Crippen LogP contribution in [0.2, 0.25) is 0 Å². The molecule has 0 N–H and O–H groups in total. The maximum atomic E-state index is 14.7. The molecule has 1 atom stereocenters. The Labute approximate surface area is 180 Å². The Kier molecular flexibility index (Phi) is 4.58. The zero-order valence-electron chi connectivity index (χ0n) is 16.3. The summed E-state index contributed by atoms with van der Waals surface area (Å²) in [7, 11) is 0. The van der Waals surface area contributed by atoms with E-state index in [-0.39, 0.29) is 11.9 Å². The van der Waals surface area contributed by atoms with Crippen LogP contribution in [0.25, 0.3) is 17.3 Å². The van der Waals surface area contributed by atoms with Crippen molar-refractivity contribution in [3.63, 3.8) is 0 Å². The highest BCUT2D eigenvalue weighted by Crippen LogP contribution is 2.36. The molecule has 5 rings (SSSR count). The van der Waals surface area contributed by atoms with Gasteiger partial charge in [-0.3, -0.25) is 9.56 Å². The number of aliphatic imine (C=N–C) groups is 1. The number of hydrogen-bond acceptors (Lipinski definition) is 5. The number of hydrogen-bond donors (Lipinski definition) is 0. The first-order chi connectivity index (χ1) is 14.6. The second kappa shape index (κ2) is 7.28. The monoisotopic (exact) mass is 465 g/mol. The molecule has 2 aromatic carbocycles. The Morgan fingerprint density at radius 1 is 1.17 bits per heavy atom. The highest BCUT2D eigenvalue weighted by Gasteiger charge is 2.29. The summed E-state index contributed by atoms with van der Waals surface area (Å²) in [6.07, 6.45) is 2.39. The Hall–Kier alpha value is -3.13. The summed E-state index contributed by atoms with van der Waals surface area (Å²) in [5.74, 6) is 0.660. The first-order valence-corrected chi connectivity index (χ1v) is 10.4. The molecule has 0 radical (unpaired) electrons. The number of rotatable bonds is 3. The number of aryl methyl sites for hydroxylation is 1. The number of halogens is 2. The van der Waals surface area contributed by atoms with Crippen molar-refractivity contribution in [2.45, 2.75) is 26.3 Å². The molecule has 2 aromatic heterocycles. The summed E-state index contributed by atoms with van der Waals surface area (Å²) in [6.45, 7) is 3.92. The molecular formula is C22H17BrFN5O. The Morgan fingerprint density at radius 2 is 2.00 bits per heavy atom. The van der Waals surface area contributed by atoms with Crippen LogP contribution in [0.1, 0.15) is 42.5 Å². The fourth-order valence-corrected chi connectivity index (χ4v) is 4.07. The van der Waals surface area contributed by atoms with Gasteiger partial charge in [0, 0.05) is 22.0 Å². The van der Waals surface area contributed by atoms with Crippen molar-refractivity contribution in [2.75, 3.05) is 0 Å². The van der Waals surface area contributed by atoms with E-state index in [0.717, 1.165) is 21.4 Å². The topological polar surface area (TPSA) is 69.1 Å². The molecule has 0 amide bonds. The molecule has 3 heterocycles. The molecule has 0 saturated carbocycles. The van der Waals surface area contributed by atoms with Crippen LogP contribution < -0.4 is 0 Å². The lowest BCUT2D eigenvalue weighted by Crippen LogP contribution is -2.09. The molecule has 4 aromatic rings. The summed E-state index contributed by atoms with van der Waals surface area (Å²) < 4.78 is 23.0. The van der Waals surface area contributed by atoms with E-state index in [1.807, 2.05) is 42.7 Å². The van der Waals surface area contributed by atoms with Crippen LogP contribution in [0, 0.1) is 5.82 Å². The van der Waals surface area contributed by atoms with Gasteiger partial charge in [-0.2, -0.15) is 4.98 Å². The molecule has 0 spiro atoms. The number of fused-ring (bicyclic) bond motifs is 3. The van der Waals surface area contributed by atoms with E-state index in [1.54, 1.807) is 18.5 Å². The van der Waals surface area contributed by atoms with E-state index in [0.29, 0.717) is 35.1 Å². The predicted octanol–water partition coefficient (Wildman–Crippen LogP) is 5.30. The van der Waals surface area contributed by atoms with Crippen molar-refractivity contribution in [3.8, 4) is 17.3 Å². The summed E-state index contributed by atoms with van der Waals surface area (Å²) in [5, 5.41) is 3.99.